The molecule has 4 aromatic carbocycles. The maximum atomic E-state index is 14.5. The summed E-state index contributed by atoms with van der Waals surface area (Å²) >= 11 is 12.8. The topological polar surface area (TPSA) is 96.0 Å². The zero-order valence-electron chi connectivity index (χ0n) is 25.0. The van der Waals surface area contributed by atoms with E-state index in [-0.39, 0.29) is 39.5 Å². The maximum absolute atomic E-state index is 14.5. The number of rotatable bonds is 14. The molecule has 2 amide bonds. The second-order valence-corrected chi connectivity index (χ2v) is 13.0. The number of nitrogens with zero attached hydrogens (tertiary/aromatic N) is 2. The van der Waals surface area contributed by atoms with Gasteiger partial charge in [-0.1, -0.05) is 90.8 Å². The van der Waals surface area contributed by atoms with Crippen LogP contribution < -0.4 is 14.4 Å². The molecule has 45 heavy (non-hydrogen) atoms. The van der Waals surface area contributed by atoms with E-state index in [2.05, 4.69) is 5.32 Å². The Morgan fingerprint density at radius 2 is 1.53 bits per heavy atom. The van der Waals surface area contributed by atoms with Crippen LogP contribution >= 0.6 is 23.2 Å². The van der Waals surface area contributed by atoms with Crippen LogP contribution in [0.25, 0.3) is 0 Å². The molecule has 4 aromatic rings. The Morgan fingerprint density at radius 1 is 0.867 bits per heavy atom. The number of amides is 2. The lowest BCUT2D eigenvalue weighted by molar-refractivity contribution is -0.140. The first kappa shape index (κ1) is 33.8. The zero-order valence-corrected chi connectivity index (χ0v) is 27.4. The van der Waals surface area contributed by atoms with Gasteiger partial charge in [0, 0.05) is 24.5 Å². The van der Waals surface area contributed by atoms with Crippen LogP contribution in [0.4, 0.5) is 5.69 Å². The monoisotopic (exact) mass is 667 g/mol. The fourth-order valence-electron chi connectivity index (χ4n) is 4.80. The van der Waals surface area contributed by atoms with Crippen molar-refractivity contribution in [3.05, 3.63) is 124 Å². The molecule has 1 unspecified atom stereocenters. The summed E-state index contributed by atoms with van der Waals surface area (Å²) in [4.78, 5) is 29.6. The minimum absolute atomic E-state index is 0.00951. The number of anilines is 1. The summed E-state index contributed by atoms with van der Waals surface area (Å²) in [6.45, 7) is 1.72. The Kier molecular flexibility index (Phi) is 11.9. The Balaban J connectivity index is 1.83. The summed E-state index contributed by atoms with van der Waals surface area (Å²) in [6, 6.07) is 27.7. The standard InChI is InChI=1S/C34H35Cl2N3O5S/c1-3-19-37-34(41)32(21-25-11-6-4-7-12-25)38(23-26-13-10-14-28(20-26)44-2)33(40)24-39(31-22-27(35)17-18-30(31)36)45(42,43)29-15-8-5-9-16-29/h4-18,20,22,32H,3,19,21,23-24H2,1-2H3,(H,37,41). The van der Waals surface area contributed by atoms with Crippen molar-refractivity contribution in [3.63, 3.8) is 0 Å². The smallest absolute Gasteiger partial charge is 0.264 e. The van der Waals surface area contributed by atoms with Crippen molar-refractivity contribution < 1.29 is 22.7 Å². The molecule has 0 heterocycles. The Bertz CT molecular complexity index is 1710. The van der Waals surface area contributed by atoms with Gasteiger partial charge < -0.3 is 15.0 Å². The van der Waals surface area contributed by atoms with Crippen molar-refractivity contribution in [3.8, 4) is 5.75 Å². The number of sulfonamides is 1. The van der Waals surface area contributed by atoms with Gasteiger partial charge in [0.1, 0.15) is 18.3 Å². The number of carbonyl (C=O) groups excluding carboxylic acids is 2. The molecule has 11 heteroatoms. The summed E-state index contributed by atoms with van der Waals surface area (Å²) in [5, 5.41) is 3.26. The number of nitrogens with one attached hydrogen (secondary N) is 1. The number of hydrogen-bond acceptors (Lipinski definition) is 5. The fourth-order valence-corrected chi connectivity index (χ4v) is 6.68. The average molecular weight is 669 g/mol. The van der Waals surface area contributed by atoms with Crippen molar-refractivity contribution in [1.29, 1.82) is 0 Å². The lowest BCUT2D eigenvalue weighted by Gasteiger charge is -2.34. The van der Waals surface area contributed by atoms with Gasteiger partial charge in [-0.2, -0.15) is 0 Å². The van der Waals surface area contributed by atoms with Crippen LogP contribution in [0.1, 0.15) is 24.5 Å². The summed E-state index contributed by atoms with van der Waals surface area (Å²) in [6.07, 6.45) is 0.902. The van der Waals surface area contributed by atoms with Crippen LogP contribution in [0.2, 0.25) is 10.0 Å². The third kappa shape index (κ3) is 8.78. The molecule has 0 saturated heterocycles. The van der Waals surface area contributed by atoms with Crippen LogP contribution in [-0.2, 0) is 32.6 Å². The normalized spacial score (nSPS) is 11.8. The van der Waals surface area contributed by atoms with Crippen molar-refractivity contribution in [2.45, 2.75) is 37.2 Å². The SMILES string of the molecule is CCCNC(=O)C(Cc1ccccc1)N(Cc1cccc(OC)c1)C(=O)CN(c1cc(Cl)ccc1Cl)S(=O)(=O)c1ccccc1. The first-order valence-electron chi connectivity index (χ1n) is 14.4. The maximum Gasteiger partial charge on any atom is 0.264 e. The molecule has 0 fully saturated rings. The summed E-state index contributed by atoms with van der Waals surface area (Å²) in [7, 11) is -2.76. The third-order valence-electron chi connectivity index (χ3n) is 7.09. The van der Waals surface area contributed by atoms with Gasteiger partial charge in [-0.15, -0.1) is 0 Å². The molecule has 0 spiro atoms. The van der Waals surface area contributed by atoms with Crippen molar-refractivity contribution >= 4 is 50.7 Å². The van der Waals surface area contributed by atoms with Gasteiger partial charge in [0.15, 0.2) is 0 Å². The summed E-state index contributed by atoms with van der Waals surface area (Å²) in [5.41, 5.74) is 1.57. The molecule has 0 aliphatic heterocycles. The Labute approximate surface area is 274 Å². The van der Waals surface area contributed by atoms with Gasteiger partial charge in [0.05, 0.1) is 22.7 Å². The van der Waals surface area contributed by atoms with E-state index in [1.807, 2.05) is 43.3 Å². The highest BCUT2D eigenvalue weighted by molar-refractivity contribution is 7.92. The van der Waals surface area contributed by atoms with Gasteiger partial charge in [-0.25, -0.2) is 8.42 Å². The van der Waals surface area contributed by atoms with Gasteiger partial charge in [-0.3, -0.25) is 13.9 Å². The van der Waals surface area contributed by atoms with E-state index in [1.165, 1.54) is 35.2 Å². The molecular weight excluding hydrogens is 633 g/mol. The number of methoxy groups -OCH3 is 1. The first-order chi connectivity index (χ1) is 21.6. The van der Waals surface area contributed by atoms with Gasteiger partial charge >= 0.3 is 0 Å². The number of halogens is 2. The zero-order chi connectivity index (χ0) is 32.4. The van der Waals surface area contributed by atoms with E-state index in [0.29, 0.717) is 24.3 Å². The molecule has 4 rings (SSSR count). The third-order valence-corrected chi connectivity index (χ3v) is 9.42. The number of ether oxygens (including phenoxy) is 1. The average Bonchev–Trinajstić information content (AvgIpc) is 3.06. The van der Waals surface area contributed by atoms with Crippen LogP contribution in [0.15, 0.2) is 108 Å². The van der Waals surface area contributed by atoms with E-state index in [0.717, 1.165) is 9.87 Å². The van der Waals surface area contributed by atoms with Crippen LogP contribution in [0, 0.1) is 0 Å². The minimum Gasteiger partial charge on any atom is -0.497 e. The molecule has 0 radical (unpaired) electrons. The Hall–Kier alpha value is -4.05. The molecule has 0 saturated carbocycles. The molecule has 236 valence electrons. The summed E-state index contributed by atoms with van der Waals surface area (Å²) in [5.74, 6) is -0.384. The van der Waals surface area contributed by atoms with Gasteiger partial charge in [0.2, 0.25) is 11.8 Å². The predicted molar refractivity (Wildman–Crippen MR) is 178 cm³/mol. The van der Waals surface area contributed by atoms with Crippen molar-refractivity contribution in [2.24, 2.45) is 0 Å². The largest absolute Gasteiger partial charge is 0.497 e. The first-order valence-corrected chi connectivity index (χ1v) is 16.6. The minimum atomic E-state index is -4.30. The highest BCUT2D eigenvalue weighted by Gasteiger charge is 2.35. The van der Waals surface area contributed by atoms with E-state index in [4.69, 9.17) is 27.9 Å². The van der Waals surface area contributed by atoms with E-state index in [1.54, 1.807) is 43.5 Å². The lowest BCUT2D eigenvalue weighted by atomic mass is 10.0. The van der Waals surface area contributed by atoms with E-state index in [9.17, 15) is 18.0 Å². The van der Waals surface area contributed by atoms with Crippen molar-refractivity contribution in [1.82, 2.24) is 10.2 Å². The quantitative estimate of drug-likeness (QED) is 0.169. The molecule has 0 aliphatic carbocycles. The Morgan fingerprint density at radius 3 is 2.20 bits per heavy atom. The highest BCUT2D eigenvalue weighted by atomic mass is 35.5. The van der Waals surface area contributed by atoms with Crippen LogP contribution in [0.3, 0.4) is 0 Å². The number of benzene rings is 4. The predicted octanol–water partition coefficient (Wildman–Crippen LogP) is 6.36. The molecule has 1 atom stereocenters. The van der Waals surface area contributed by atoms with Crippen LogP contribution in [-0.4, -0.2) is 51.4 Å². The number of carbonyl (C=O) groups is 2. The second-order valence-electron chi connectivity index (χ2n) is 10.3. The van der Waals surface area contributed by atoms with Gasteiger partial charge in [0.25, 0.3) is 10.0 Å². The molecular formula is C34H35Cl2N3O5S. The summed E-state index contributed by atoms with van der Waals surface area (Å²) < 4.78 is 34.5. The molecule has 1 N–H and O–H groups in total. The molecule has 8 nitrogen and oxygen atoms in total. The fraction of sp³-hybridized carbons (Fsp3) is 0.235. The molecule has 0 aliphatic rings. The van der Waals surface area contributed by atoms with E-state index < -0.39 is 28.5 Å². The van der Waals surface area contributed by atoms with Crippen LogP contribution in [0.5, 0.6) is 5.75 Å². The van der Waals surface area contributed by atoms with E-state index >= 15 is 0 Å². The molecule has 0 bridgehead atoms. The lowest BCUT2D eigenvalue weighted by Crippen LogP contribution is -2.53. The number of hydrogen-bond donors (Lipinski definition) is 1. The highest BCUT2D eigenvalue weighted by Crippen LogP contribution is 2.33. The molecule has 0 aromatic heterocycles. The van der Waals surface area contributed by atoms with Gasteiger partial charge in [-0.05, 0) is 60.0 Å². The second kappa shape index (κ2) is 15.8. The van der Waals surface area contributed by atoms with Crippen molar-refractivity contribution in [2.75, 3.05) is 24.5 Å².